The number of carbonyl (C=O) groups excluding carboxylic acids is 3. The van der Waals surface area contributed by atoms with E-state index in [1.54, 1.807) is 29.2 Å². The van der Waals surface area contributed by atoms with Gasteiger partial charge in [0.15, 0.2) is 12.4 Å². The van der Waals surface area contributed by atoms with Gasteiger partial charge < -0.3 is 9.64 Å². The third kappa shape index (κ3) is 4.14. The first-order valence-electron chi connectivity index (χ1n) is 7.85. The molecule has 2 aromatic rings. The molecule has 1 fully saturated rings. The van der Waals surface area contributed by atoms with Crippen LogP contribution in [-0.2, 0) is 14.3 Å². The molecule has 1 aliphatic heterocycles. The molecule has 5 nitrogen and oxygen atoms in total. The number of benzene rings is 2. The molecule has 0 aromatic heterocycles. The van der Waals surface area contributed by atoms with Crippen molar-refractivity contribution in [2.75, 3.05) is 18.1 Å². The molecule has 0 aliphatic carbocycles. The molecular formula is C19H16BrNO4. The number of ketones is 1. The Morgan fingerprint density at radius 1 is 1.08 bits per heavy atom. The molecule has 25 heavy (non-hydrogen) atoms. The first-order chi connectivity index (χ1) is 12.0. The lowest BCUT2D eigenvalue weighted by Crippen LogP contribution is -2.27. The number of rotatable bonds is 5. The fourth-order valence-electron chi connectivity index (χ4n) is 2.70. The van der Waals surface area contributed by atoms with E-state index < -0.39 is 11.9 Å². The van der Waals surface area contributed by atoms with E-state index in [0.29, 0.717) is 5.56 Å². The molecule has 1 saturated heterocycles. The van der Waals surface area contributed by atoms with Crippen molar-refractivity contribution in [3.8, 4) is 0 Å². The van der Waals surface area contributed by atoms with Gasteiger partial charge in [-0.3, -0.25) is 14.4 Å². The standard InChI is InChI=1S/C19H16BrNO4/c20-15-8-6-13(7-9-15)17(22)12-25-19(24)14-10-18(23)21(11-14)16-4-2-1-3-5-16/h1-9,14H,10-12H2. The van der Waals surface area contributed by atoms with Crippen molar-refractivity contribution in [3.63, 3.8) is 0 Å². The van der Waals surface area contributed by atoms with Gasteiger partial charge in [0.2, 0.25) is 5.91 Å². The Morgan fingerprint density at radius 3 is 2.44 bits per heavy atom. The maximum atomic E-state index is 12.2. The second kappa shape index (κ2) is 7.61. The minimum Gasteiger partial charge on any atom is -0.457 e. The third-order valence-corrected chi connectivity index (χ3v) is 4.57. The topological polar surface area (TPSA) is 63.7 Å². The second-order valence-corrected chi connectivity index (χ2v) is 6.69. The van der Waals surface area contributed by atoms with Crippen LogP contribution in [0.3, 0.4) is 0 Å². The van der Waals surface area contributed by atoms with Gasteiger partial charge in [-0.2, -0.15) is 0 Å². The number of esters is 1. The van der Waals surface area contributed by atoms with Crippen LogP contribution in [0.15, 0.2) is 59.1 Å². The lowest BCUT2D eigenvalue weighted by Gasteiger charge is -2.16. The van der Waals surface area contributed by atoms with Gasteiger partial charge in [-0.05, 0) is 24.3 Å². The van der Waals surface area contributed by atoms with Gasteiger partial charge in [-0.15, -0.1) is 0 Å². The van der Waals surface area contributed by atoms with Crippen LogP contribution in [0.5, 0.6) is 0 Å². The van der Waals surface area contributed by atoms with Crippen molar-refractivity contribution in [2.45, 2.75) is 6.42 Å². The molecule has 0 saturated carbocycles. The van der Waals surface area contributed by atoms with Gasteiger partial charge in [-0.25, -0.2) is 0 Å². The summed E-state index contributed by atoms with van der Waals surface area (Å²) in [7, 11) is 0. The molecule has 1 amide bonds. The Hall–Kier alpha value is -2.47. The predicted octanol–water partition coefficient (Wildman–Crippen LogP) is 3.23. The Balaban J connectivity index is 1.56. The van der Waals surface area contributed by atoms with Crippen molar-refractivity contribution in [1.82, 2.24) is 0 Å². The molecule has 6 heteroatoms. The summed E-state index contributed by atoms with van der Waals surface area (Å²) in [4.78, 5) is 38.0. The number of para-hydroxylation sites is 1. The van der Waals surface area contributed by atoms with Crippen LogP contribution in [-0.4, -0.2) is 30.8 Å². The summed E-state index contributed by atoms with van der Waals surface area (Å²) in [6, 6.07) is 16.0. The van der Waals surface area contributed by atoms with Crippen molar-refractivity contribution in [3.05, 3.63) is 64.6 Å². The Labute approximate surface area is 153 Å². The number of ether oxygens (including phenoxy) is 1. The fraction of sp³-hybridized carbons (Fsp3) is 0.211. The van der Waals surface area contributed by atoms with Crippen molar-refractivity contribution in [2.24, 2.45) is 5.92 Å². The van der Waals surface area contributed by atoms with Gasteiger partial charge in [0.25, 0.3) is 0 Å². The summed E-state index contributed by atoms with van der Waals surface area (Å²) in [6.45, 7) is -0.0509. The first kappa shape index (κ1) is 17.4. The zero-order valence-corrected chi connectivity index (χ0v) is 14.9. The number of anilines is 1. The van der Waals surface area contributed by atoms with Gasteiger partial charge in [0.1, 0.15) is 0 Å². The maximum absolute atomic E-state index is 12.2. The number of halogens is 1. The Bertz CT molecular complexity index is 789. The number of nitrogens with zero attached hydrogens (tertiary/aromatic N) is 1. The minimum absolute atomic E-state index is 0.0974. The molecule has 1 heterocycles. The molecule has 2 aromatic carbocycles. The summed E-state index contributed by atoms with van der Waals surface area (Å²) in [5, 5.41) is 0. The summed E-state index contributed by atoms with van der Waals surface area (Å²) >= 11 is 3.30. The molecule has 1 atom stereocenters. The Kier molecular flexibility index (Phi) is 5.28. The highest BCUT2D eigenvalue weighted by atomic mass is 79.9. The highest BCUT2D eigenvalue weighted by Crippen LogP contribution is 2.25. The highest BCUT2D eigenvalue weighted by Gasteiger charge is 2.36. The molecular weight excluding hydrogens is 386 g/mol. The molecule has 3 rings (SSSR count). The van der Waals surface area contributed by atoms with Crippen LogP contribution in [0.25, 0.3) is 0 Å². The van der Waals surface area contributed by atoms with Gasteiger partial charge in [0.05, 0.1) is 5.92 Å². The zero-order valence-electron chi connectivity index (χ0n) is 13.4. The highest BCUT2D eigenvalue weighted by molar-refractivity contribution is 9.10. The van der Waals surface area contributed by atoms with E-state index in [1.165, 1.54) is 0 Å². The summed E-state index contributed by atoms with van der Waals surface area (Å²) in [5.74, 6) is -1.46. The van der Waals surface area contributed by atoms with Gasteiger partial charge in [0, 0.05) is 28.7 Å². The summed E-state index contributed by atoms with van der Waals surface area (Å²) in [5.41, 5.74) is 1.23. The molecule has 0 spiro atoms. The van der Waals surface area contributed by atoms with E-state index in [9.17, 15) is 14.4 Å². The van der Waals surface area contributed by atoms with E-state index >= 15 is 0 Å². The van der Waals surface area contributed by atoms with E-state index in [1.807, 2.05) is 30.3 Å². The number of carbonyl (C=O) groups is 3. The first-order valence-corrected chi connectivity index (χ1v) is 8.64. The third-order valence-electron chi connectivity index (χ3n) is 4.04. The van der Waals surface area contributed by atoms with Crippen LogP contribution in [0.1, 0.15) is 16.8 Å². The normalized spacial score (nSPS) is 16.8. The molecule has 1 aliphatic rings. The van der Waals surface area contributed by atoms with Crippen molar-refractivity contribution >= 4 is 39.3 Å². The van der Waals surface area contributed by atoms with E-state index in [-0.39, 0.29) is 31.3 Å². The van der Waals surface area contributed by atoms with E-state index in [0.717, 1.165) is 10.2 Å². The number of amides is 1. The molecule has 0 radical (unpaired) electrons. The van der Waals surface area contributed by atoms with E-state index in [4.69, 9.17) is 4.74 Å². The van der Waals surface area contributed by atoms with Crippen molar-refractivity contribution in [1.29, 1.82) is 0 Å². The maximum Gasteiger partial charge on any atom is 0.311 e. The van der Waals surface area contributed by atoms with Crippen LogP contribution >= 0.6 is 15.9 Å². The molecule has 1 unspecified atom stereocenters. The SMILES string of the molecule is O=C(COC(=O)C1CC(=O)N(c2ccccc2)C1)c1ccc(Br)cc1. The second-order valence-electron chi connectivity index (χ2n) is 5.78. The monoisotopic (exact) mass is 401 g/mol. The van der Waals surface area contributed by atoms with Crippen LogP contribution in [0, 0.1) is 5.92 Å². The molecule has 128 valence electrons. The Morgan fingerprint density at radius 2 is 1.76 bits per heavy atom. The fourth-order valence-corrected chi connectivity index (χ4v) is 2.96. The predicted molar refractivity (Wildman–Crippen MR) is 96.3 cm³/mol. The van der Waals surface area contributed by atoms with E-state index in [2.05, 4.69) is 15.9 Å². The van der Waals surface area contributed by atoms with Crippen LogP contribution in [0.2, 0.25) is 0 Å². The number of Topliss-reactive ketones (excluding diaryl/α,β-unsaturated/α-hetero) is 1. The number of hydrogen-bond acceptors (Lipinski definition) is 4. The zero-order chi connectivity index (χ0) is 17.8. The number of hydrogen-bond donors (Lipinski definition) is 0. The van der Waals surface area contributed by atoms with Crippen LogP contribution < -0.4 is 4.90 Å². The summed E-state index contributed by atoms with van der Waals surface area (Å²) in [6.07, 6.45) is 0.0974. The molecule has 0 N–H and O–H groups in total. The largest absolute Gasteiger partial charge is 0.457 e. The van der Waals surface area contributed by atoms with Gasteiger partial charge >= 0.3 is 5.97 Å². The average Bonchev–Trinajstić information content (AvgIpc) is 3.02. The van der Waals surface area contributed by atoms with Crippen molar-refractivity contribution < 1.29 is 19.1 Å². The minimum atomic E-state index is -0.551. The van der Waals surface area contributed by atoms with Crippen LogP contribution in [0.4, 0.5) is 5.69 Å². The lowest BCUT2D eigenvalue weighted by molar-refractivity contribution is -0.147. The average molecular weight is 402 g/mol. The smallest absolute Gasteiger partial charge is 0.311 e. The quantitative estimate of drug-likeness (QED) is 0.569. The molecule has 0 bridgehead atoms. The lowest BCUT2D eigenvalue weighted by atomic mass is 10.1. The summed E-state index contributed by atoms with van der Waals surface area (Å²) < 4.78 is 5.99. The van der Waals surface area contributed by atoms with Gasteiger partial charge in [-0.1, -0.05) is 46.3 Å².